The topological polar surface area (TPSA) is 7.76 Å². The lowest BCUT2D eigenvalue weighted by Crippen LogP contribution is -2.69. The monoisotopic (exact) mass is 606 g/mol. The van der Waals surface area contributed by atoms with Gasteiger partial charge in [-0.15, -0.1) is 0 Å². The van der Waals surface area contributed by atoms with Crippen LogP contribution in [-0.4, -0.2) is 0 Å². The summed E-state index contributed by atoms with van der Waals surface area (Å²) in [5.41, 5.74) is 13.0. The predicted octanol–water partition coefficient (Wildman–Crippen LogP) is 10.3. The van der Waals surface area contributed by atoms with Gasteiger partial charge in [-0.05, 0) is 78.3 Å². The van der Waals surface area contributed by atoms with Gasteiger partial charge in [0.2, 0.25) is 11.4 Å². The van der Waals surface area contributed by atoms with Gasteiger partial charge in [0.25, 0.3) is 0 Å². The summed E-state index contributed by atoms with van der Waals surface area (Å²) in [4.78, 5) is 0. The third kappa shape index (κ3) is 5.42. The van der Waals surface area contributed by atoms with Crippen molar-refractivity contribution in [2.75, 3.05) is 0 Å². The Hall–Kier alpha value is -4.30. The second kappa shape index (κ2) is 13.2. The van der Waals surface area contributed by atoms with Crippen LogP contribution in [0, 0.1) is 13.8 Å². The fraction of sp³-hybridized carbons (Fsp3) is 0.318. The van der Waals surface area contributed by atoms with Crippen LogP contribution in [-0.2, 0) is 23.9 Å². The van der Waals surface area contributed by atoms with Crippen LogP contribution in [0.5, 0.6) is 0 Å². The molecule has 0 aliphatic carbocycles. The predicted molar refractivity (Wildman–Crippen MR) is 193 cm³/mol. The molecule has 6 rings (SSSR count). The van der Waals surface area contributed by atoms with Crippen molar-refractivity contribution in [3.05, 3.63) is 144 Å². The molecule has 46 heavy (non-hydrogen) atoms. The summed E-state index contributed by atoms with van der Waals surface area (Å²) >= 11 is 0. The van der Waals surface area contributed by atoms with E-state index < -0.39 is 0 Å². The van der Waals surface area contributed by atoms with E-state index in [0.29, 0.717) is 0 Å². The molecule has 5 aromatic rings. The van der Waals surface area contributed by atoms with Crippen LogP contribution < -0.4 is 9.13 Å². The molecule has 3 aromatic carbocycles. The molecule has 2 aromatic heterocycles. The lowest BCUT2D eigenvalue weighted by molar-refractivity contribution is -0.768. The van der Waals surface area contributed by atoms with Crippen LogP contribution in [0.1, 0.15) is 75.8 Å². The molecule has 234 valence electrons. The number of allylic oxidation sites excluding steroid dienone is 2. The number of benzene rings is 3. The number of aryl methyl sites for hydroxylation is 3. The summed E-state index contributed by atoms with van der Waals surface area (Å²) < 4.78 is 5.08. The Morgan fingerprint density at radius 3 is 2.22 bits per heavy atom. The molecule has 0 fully saturated rings. The molecule has 2 unspecified atom stereocenters. The summed E-state index contributed by atoms with van der Waals surface area (Å²) in [7, 11) is 0. The number of fused-ring (bicyclic) bond motifs is 3. The zero-order chi connectivity index (χ0) is 32.3. The molecule has 1 aliphatic heterocycles. The van der Waals surface area contributed by atoms with Crippen LogP contribution >= 0.6 is 0 Å². The summed E-state index contributed by atoms with van der Waals surface area (Å²) in [5, 5.41) is 0. The SMILES string of the molecule is CCCCc1ccc2c(c1)-c1cccc(C)[n+]1C(C)(CC)C2(C=CC[n+]1ccc(-c2ccccc2)cc1-c1ccccc1C)CC. The highest BCUT2D eigenvalue weighted by Crippen LogP contribution is 2.51. The minimum Gasteiger partial charge on any atom is -0.195 e. The van der Waals surface area contributed by atoms with Crippen molar-refractivity contribution in [2.24, 2.45) is 0 Å². The summed E-state index contributed by atoms with van der Waals surface area (Å²) in [6.45, 7) is 14.8. The standard InChI is InChI=1S/C44H50N2/c1-7-10-20-35-25-26-40-39(31-35)41-24-16-19-34(5)46(41)43(6,8-2)44(40,9-3)28-17-29-45-30-27-37(36-21-12-11-13-22-36)32-42(45)38-23-15-14-18-33(38)4/h11-19,21-28,30-32H,7-10,20,29H2,1-6H3/q+2. The van der Waals surface area contributed by atoms with Crippen LogP contribution in [0.15, 0.2) is 121 Å². The third-order valence-electron chi connectivity index (χ3n) is 10.8. The highest BCUT2D eigenvalue weighted by Gasteiger charge is 2.58. The van der Waals surface area contributed by atoms with E-state index in [1.807, 2.05) is 0 Å². The second-order valence-corrected chi connectivity index (χ2v) is 13.4. The van der Waals surface area contributed by atoms with Crippen molar-refractivity contribution in [2.45, 2.75) is 91.1 Å². The number of unbranched alkanes of at least 4 members (excludes halogenated alkanes) is 1. The highest BCUT2D eigenvalue weighted by atomic mass is 15.1. The van der Waals surface area contributed by atoms with Crippen molar-refractivity contribution in [1.82, 2.24) is 0 Å². The number of hydrogen-bond donors (Lipinski definition) is 0. The van der Waals surface area contributed by atoms with E-state index in [1.165, 1.54) is 68.9 Å². The molecule has 0 bridgehead atoms. The summed E-state index contributed by atoms with van der Waals surface area (Å²) in [6, 6.07) is 38.3. The molecule has 3 heterocycles. The fourth-order valence-electron chi connectivity index (χ4n) is 8.09. The Bertz CT molecular complexity index is 1870. The maximum atomic E-state index is 2.66. The van der Waals surface area contributed by atoms with E-state index in [9.17, 15) is 0 Å². The molecule has 2 atom stereocenters. The zero-order valence-electron chi connectivity index (χ0n) is 28.7. The van der Waals surface area contributed by atoms with Gasteiger partial charge >= 0.3 is 0 Å². The van der Waals surface area contributed by atoms with E-state index in [2.05, 4.69) is 172 Å². The smallest absolute Gasteiger partial charge is 0.195 e. The third-order valence-corrected chi connectivity index (χ3v) is 10.8. The van der Waals surface area contributed by atoms with Crippen molar-refractivity contribution in [3.63, 3.8) is 0 Å². The van der Waals surface area contributed by atoms with E-state index in [-0.39, 0.29) is 11.0 Å². The van der Waals surface area contributed by atoms with E-state index in [4.69, 9.17) is 0 Å². The number of pyridine rings is 2. The van der Waals surface area contributed by atoms with E-state index >= 15 is 0 Å². The fourth-order valence-corrected chi connectivity index (χ4v) is 8.09. The Labute approximate surface area is 277 Å². The Morgan fingerprint density at radius 2 is 1.48 bits per heavy atom. The molecule has 2 nitrogen and oxygen atoms in total. The largest absolute Gasteiger partial charge is 0.213 e. The summed E-state index contributed by atoms with van der Waals surface area (Å²) in [5.74, 6) is 0. The van der Waals surface area contributed by atoms with Crippen LogP contribution in [0.3, 0.4) is 0 Å². The Balaban J connectivity index is 1.48. The average Bonchev–Trinajstić information content (AvgIpc) is 3.09. The normalized spacial score (nSPS) is 18.8. The average molecular weight is 607 g/mol. The van der Waals surface area contributed by atoms with Crippen LogP contribution in [0.25, 0.3) is 33.6 Å². The van der Waals surface area contributed by atoms with Gasteiger partial charge in [-0.2, -0.15) is 9.13 Å². The Kier molecular flexibility index (Phi) is 9.09. The molecule has 0 N–H and O–H groups in total. The van der Waals surface area contributed by atoms with Crippen molar-refractivity contribution in [1.29, 1.82) is 0 Å². The van der Waals surface area contributed by atoms with Gasteiger partial charge in [0.1, 0.15) is 0 Å². The van der Waals surface area contributed by atoms with Gasteiger partial charge in [-0.25, -0.2) is 0 Å². The van der Waals surface area contributed by atoms with Gasteiger partial charge in [0, 0.05) is 50.1 Å². The quantitative estimate of drug-likeness (QED) is 0.110. The first kappa shape index (κ1) is 31.7. The van der Waals surface area contributed by atoms with Gasteiger partial charge in [0.15, 0.2) is 24.0 Å². The molecule has 2 heteroatoms. The molecular weight excluding hydrogens is 556 g/mol. The summed E-state index contributed by atoms with van der Waals surface area (Å²) in [6.07, 6.45) is 12.9. The van der Waals surface area contributed by atoms with Crippen molar-refractivity contribution >= 4 is 0 Å². The maximum Gasteiger partial charge on any atom is 0.213 e. The lowest BCUT2D eigenvalue weighted by Gasteiger charge is -2.47. The first-order chi connectivity index (χ1) is 22.4. The first-order valence-electron chi connectivity index (χ1n) is 17.4. The molecule has 0 spiro atoms. The molecule has 1 aliphatic rings. The number of nitrogens with zero attached hydrogens (tertiary/aromatic N) is 2. The van der Waals surface area contributed by atoms with Gasteiger partial charge in [-0.1, -0.05) is 93.9 Å². The van der Waals surface area contributed by atoms with Crippen molar-refractivity contribution in [3.8, 4) is 33.6 Å². The first-order valence-corrected chi connectivity index (χ1v) is 17.4. The van der Waals surface area contributed by atoms with E-state index in [0.717, 1.165) is 25.8 Å². The highest BCUT2D eigenvalue weighted by molar-refractivity contribution is 5.70. The van der Waals surface area contributed by atoms with Gasteiger partial charge < -0.3 is 0 Å². The van der Waals surface area contributed by atoms with Crippen LogP contribution in [0.4, 0.5) is 0 Å². The zero-order valence-corrected chi connectivity index (χ0v) is 28.7. The number of rotatable bonds is 10. The maximum absolute atomic E-state index is 2.66. The molecule has 0 radical (unpaired) electrons. The molecule has 0 saturated carbocycles. The van der Waals surface area contributed by atoms with Gasteiger partial charge in [-0.3, -0.25) is 0 Å². The van der Waals surface area contributed by atoms with E-state index in [1.54, 1.807) is 0 Å². The van der Waals surface area contributed by atoms with Crippen LogP contribution in [0.2, 0.25) is 0 Å². The van der Waals surface area contributed by atoms with Crippen molar-refractivity contribution < 1.29 is 9.13 Å². The second-order valence-electron chi connectivity index (χ2n) is 13.4. The molecule has 0 saturated heterocycles. The van der Waals surface area contributed by atoms with Gasteiger partial charge in [0.05, 0.1) is 11.0 Å². The molecule has 0 amide bonds. The minimum atomic E-state index is -0.155. The lowest BCUT2D eigenvalue weighted by atomic mass is 9.59. The minimum absolute atomic E-state index is 0.114. The number of hydrogen-bond acceptors (Lipinski definition) is 0. The molecular formula is C44H50N2+2. The Morgan fingerprint density at radius 1 is 0.696 bits per heavy atom. The number of aromatic nitrogens is 2.